The average molecular weight is 232 g/mol. The first-order chi connectivity index (χ1) is 7.24. The first-order valence-corrected chi connectivity index (χ1v) is 6.25. The van der Waals surface area contributed by atoms with E-state index in [2.05, 4.69) is 6.92 Å². The van der Waals surface area contributed by atoms with E-state index in [0.29, 0.717) is 11.8 Å². The fourth-order valence-corrected chi connectivity index (χ4v) is 2.89. The van der Waals surface area contributed by atoms with E-state index in [-0.39, 0.29) is 18.1 Å². The third-order valence-electron chi connectivity index (χ3n) is 3.60. The lowest BCUT2D eigenvalue weighted by molar-refractivity contribution is -0.141. The predicted octanol–water partition coefficient (Wildman–Crippen LogP) is 1.64. The highest BCUT2D eigenvalue weighted by Gasteiger charge is 2.37. The molecule has 2 rings (SSSR count). The maximum absolute atomic E-state index is 12.1. The van der Waals surface area contributed by atoms with E-state index in [0.717, 1.165) is 32.4 Å². The van der Waals surface area contributed by atoms with Gasteiger partial charge in [-0.15, -0.1) is 11.6 Å². The summed E-state index contributed by atoms with van der Waals surface area (Å²) >= 11 is 5.86. The van der Waals surface area contributed by atoms with Crippen molar-refractivity contribution in [1.82, 2.24) is 4.90 Å². The fourth-order valence-electron chi connectivity index (χ4n) is 2.48. The van der Waals surface area contributed by atoms with Crippen molar-refractivity contribution in [2.24, 2.45) is 5.92 Å². The molecule has 2 fully saturated rings. The number of ether oxygens (including phenoxy) is 1. The number of hydrogen-bond acceptors (Lipinski definition) is 2. The monoisotopic (exact) mass is 231 g/mol. The van der Waals surface area contributed by atoms with Gasteiger partial charge in [-0.3, -0.25) is 4.79 Å². The molecule has 2 aliphatic rings. The van der Waals surface area contributed by atoms with Crippen molar-refractivity contribution in [3.05, 3.63) is 0 Å². The molecule has 4 heteroatoms. The molecule has 0 spiro atoms. The Morgan fingerprint density at radius 2 is 2.33 bits per heavy atom. The molecular weight excluding hydrogens is 214 g/mol. The molecule has 2 aliphatic heterocycles. The summed E-state index contributed by atoms with van der Waals surface area (Å²) < 4.78 is 5.42. The minimum atomic E-state index is -0.179. The molecule has 0 saturated carbocycles. The third kappa shape index (κ3) is 2.13. The molecule has 3 nitrogen and oxygen atoms in total. The number of hydrogen-bond donors (Lipinski definition) is 0. The highest BCUT2D eigenvalue weighted by Crippen LogP contribution is 2.27. The summed E-state index contributed by atoms with van der Waals surface area (Å²) in [6.07, 6.45) is 2.75. The van der Waals surface area contributed by atoms with Gasteiger partial charge < -0.3 is 9.64 Å². The molecule has 0 aliphatic carbocycles. The second-order valence-electron chi connectivity index (χ2n) is 4.48. The number of halogens is 1. The Balaban J connectivity index is 1.96. The Morgan fingerprint density at radius 1 is 1.53 bits per heavy atom. The second-order valence-corrected chi connectivity index (χ2v) is 4.79. The van der Waals surface area contributed by atoms with Gasteiger partial charge in [0.05, 0.1) is 0 Å². The molecule has 3 atom stereocenters. The van der Waals surface area contributed by atoms with Crippen LogP contribution in [0.25, 0.3) is 0 Å². The third-order valence-corrected chi connectivity index (χ3v) is 4.00. The zero-order chi connectivity index (χ0) is 10.8. The summed E-state index contributed by atoms with van der Waals surface area (Å²) in [7, 11) is 0. The van der Waals surface area contributed by atoms with Crippen molar-refractivity contribution < 1.29 is 9.53 Å². The standard InChI is InChI=1S/C11H18ClNO2/c1-8-9(7-12)4-5-13(8)11(14)10-3-2-6-15-10/h8-10H,2-7H2,1H3. The van der Waals surface area contributed by atoms with Crippen LogP contribution in [0.5, 0.6) is 0 Å². The minimum Gasteiger partial charge on any atom is -0.368 e. The first kappa shape index (κ1) is 11.2. The van der Waals surface area contributed by atoms with Gasteiger partial charge in [0.15, 0.2) is 0 Å². The zero-order valence-electron chi connectivity index (χ0n) is 9.12. The van der Waals surface area contributed by atoms with Crippen LogP contribution in [0.3, 0.4) is 0 Å². The van der Waals surface area contributed by atoms with Crippen molar-refractivity contribution in [3.8, 4) is 0 Å². The number of carbonyl (C=O) groups is 1. The average Bonchev–Trinajstić information content (AvgIpc) is 2.85. The second kappa shape index (κ2) is 4.71. The van der Waals surface area contributed by atoms with Gasteiger partial charge in [0.25, 0.3) is 5.91 Å². The van der Waals surface area contributed by atoms with E-state index in [1.807, 2.05) is 4.90 Å². The van der Waals surface area contributed by atoms with Gasteiger partial charge in [-0.25, -0.2) is 0 Å². The maximum atomic E-state index is 12.1. The molecular formula is C11H18ClNO2. The Kier molecular flexibility index (Phi) is 3.52. The Bertz CT molecular complexity index is 241. The van der Waals surface area contributed by atoms with E-state index in [4.69, 9.17) is 16.3 Å². The fraction of sp³-hybridized carbons (Fsp3) is 0.909. The lowest BCUT2D eigenvalue weighted by Gasteiger charge is -2.26. The quantitative estimate of drug-likeness (QED) is 0.677. The maximum Gasteiger partial charge on any atom is 0.251 e. The Morgan fingerprint density at radius 3 is 2.87 bits per heavy atom. The van der Waals surface area contributed by atoms with Gasteiger partial charge in [0, 0.05) is 25.1 Å². The minimum absolute atomic E-state index is 0.174. The van der Waals surface area contributed by atoms with E-state index >= 15 is 0 Å². The van der Waals surface area contributed by atoms with Gasteiger partial charge in [0.2, 0.25) is 0 Å². The SMILES string of the molecule is CC1C(CCl)CCN1C(=O)C1CCCO1. The van der Waals surface area contributed by atoms with E-state index in [9.17, 15) is 4.79 Å². The van der Waals surface area contributed by atoms with Crippen molar-refractivity contribution in [2.45, 2.75) is 38.3 Å². The molecule has 0 N–H and O–H groups in total. The number of rotatable bonds is 2. The molecule has 86 valence electrons. The van der Waals surface area contributed by atoms with E-state index < -0.39 is 0 Å². The molecule has 0 aromatic rings. The highest BCUT2D eigenvalue weighted by molar-refractivity contribution is 6.18. The van der Waals surface area contributed by atoms with Crippen LogP contribution in [0.4, 0.5) is 0 Å². The van der Waals surface area contributed by atoms with Crippen LogP contribution in [-0.2, 0) is 9.53 Å². The Hall–Kier alpha value is -0.280. The van der Waals surface area contributed by atoms with Crippen LogP contribution in [0, 0.1) is 5.92 Å². The van der Waals surface area contributed by atoms with E-state index in [1.165, 1.54) is 0 Å². The van der Waals surface area contributed by atoms with Crippen LogP contribution in [0.1, 0.15) is 26.2 Å². The molecule has 2 heterocycles. The van der Waals surface area contributed by atoms with Gasteiger partial charge in [-0.05, 0) is 32.1 Å². The number of carbonyl (C=O) groups excluding carboxylic acids is 1. The van der Waals surface area contributed by atoms with Crippen molar-refractivity contribution >= 4 is 17.5 Å². The largest absolute Gasteiger partial charge is 0.368 e. The number of likely N-dealkylation sites (tertiary alicyclic amines) is 1. The van der Waals surface area contributed by atoms with Gasteiger partial charge in [0.1, 0.15) is 6.10 Å². The highest BCUT2D eigenvalue weighted by atomic mass is 35.5. The molecule has 0 bridgehead atoms. The van der Waals surface area contributed by atoms with Crippen molar-refractivity contribution in [3.63, 3.8) is 0 Å². The summed E-state index contributed by atoms with van der Waals surface area (Å²) in [6.45, 7) is 3.67. The normalized spacial score (nSPS) is 36.1. The summed E-state index contributed by atoms with van der Waals surface area (Å²) in [5.41, 5.74) is 0. The lowest BCUT2D eigenvalue weighted by atomic mass is 10.0. The topological polar surface area (TPSA) is 29.5 Å². The molecule has 2 saturated heterocycles. The molecule has 1 amide bonds. The number of alkyl halides is 1. The Labute approximate surface area is 95.7 Å². The molecule has 15 heavy (non-hydrogen) atoms. The van der Waals surface area contributed by atoms with Gasteiger partial charge >= 0.3 is 0 Å². The van der Waals surface area contributed by atoms with Crippen LogP contribution in [-0.4, -0.2) is 42.0 Å². The van der Waals surface area contributed by atoms with Gasteiger partial charge in [-0.2, -0.15) is 0 Å². The predicted molar refractivity (Wildman–Crippen MR) is 59.0 cm³/mol. The van der Waals surface area contributed by atoms with Crippen LogP contribution in [0.15, 0.2) is 0 Å². The summed E-state index contributed by atoms with van der Waals surface area (Å²) in [5.74, 6) is 1.28. The molecule has 0 radical (unpaired) electrons. The zero-order valence-corrected chi connectivity index (χ0v) is 9.87. The van der Waals surface area contributed by atoms with E-state index in [1.54, 1.807) is 0 Å². The van der Waals surface area contributed by atoms with Crippen LogP contribution < -0.4 is 0 Å². The smallest absolute Gasteiger partial charge is 0.251 e. The molecule has 0 aromatic heterocycles. The van der Waals surface area contributed by atoms with Gasteiger partial charge in [-0.1, -0.05) is 0 Å². The summed E-state index contributed by atoms with van der Waals surface area (Å²) in [5, 5.41) is 0. The molecule has 3 unspecified atom stereocenters. The lowest BCUT2D eigenvalue weighted by Crippen LogP contribution is -2.42. The van der Waals surface area contributed by atoms with Crippen molar-refractivity contribution in [1.29, 1.82) is 0 Å². The number of amides is 1. The molecule has 0 aromatic carbocycles. The first-order valence-electron chi connectivity index (χ1n) is 5.72. The van der Waals surface area contributed by atoms with Crippen LogP contribution in [0.2, 0.25) is 0 Å². The summed E-state index contributed by atoms with van der Waals surface area (Å²) in [4.78, 5) is 14.0. The summed E-state index contributed by atoms with van der Waals surface area (Å²) in [6, 6.07) is 0.277. The van der Waals surface area contributed by atoms with Crippen LogP contribution >= 0.6 is 11.6 Å². The number of nitrogens with zero attached hydrogens (tertiary/aromatic N) is 1. The van der Waals surface area contributed by atoms with Crippen molar-refractivity contribution in [2.75, 3.05) is 19.0 Å².